The second-order valence-electron chi connectivity index (χ2n) is 5.72. The van der Waals surface area contributed by atoms with Gasteiger partial charge in [-0.2, -0.15) is 5.10 Å². The Balaban J connectivity index is 1.69. The molecular weight excluding hydrogens is 396 g/mol. The molecule has 0 fully saturated rings. The van der Waals surface area contributed by atoms with E-state index in [4.69, 9.17) is 0 Å². The summed E-state index contributed by atoms with van der Waals surface area (Å²) in [6, 6.07) is 16.7. The lowest BCUT2D eigenvalue weighted by Gasteiger charge is -2.00. The van der Waals surface area contributed by atoms with E-state index in [1.165, 1.54) is 10.9 Å². The summed E-state index contributed by atoms with van der Waals surface area (Å²) in [5, 5.41) is 6.93. The van der Waals surface area contributed by atoms with Crippen LogP contribution in [0.4, 0.5) is 0 Å². The summed E-state index contributed by atoms with van der Waals surface area (Å²) in [7, 11) is 0. The number of aromatic nitrogens is 2. The van der Waals surface area contributed by atoms with Crippen molar-refractivity contribution in [3.63, 3.8) is 0 Å². The summed E-state index contributed by atoms with van der Waals surface area (Å²) in [4.78, 5) is 24.5. The predicted octanol–water partition coefficient (Wildman–Crippen LogP) is 2.93. The number of hydrogen-bond donors (Lipinski definition) is 2. The van der Waals surface area contributed by atoms with Crippen LogP contribution < -0.4 is 11.0 Å². The minimum absolute atomic E-state index is 0.213. The first kappa shape index (κ1) is 17.9. The van der Waals surface area contributed by atoms with Gasteiger partial charge in [0.1, 0.15) is 0 Å². The highest BCUT2D eigenvalue weighted by atomic mass is 79.9. The fraction of sp³-hybridized carbons (Fsp3) is 0.105. The second-order valence-corrected chi connectivity index (χ2v) is 6.64. The number of aryl methyl sites for hydroxylation is 1. The molecule has 0 atom stereocenters. The molecule has 2 aromatic carbocycles. The van der Waals surface area contributed by atoms with Gasteiger partial charge in [0.2, 0.25) is 5.91 Å². The summed E-state index contributed by atoms with van der Waals surface area (Å²) in [5.74, 6) is -0.250. The van der Waals surface area contributed by atoms with Crippen LogP contribution in [0.5, 0.6) is 0 Å². The topological polar surface area (TPSA) is 79.2 Å². The molecule has 0 radical (unpaired) electrons. The molecule has 3 aromatic rings. The van der Waals surface area contributed by atoms with Gasteiger partial charge in [0.05, 0.1) is 23.9 Å². The molecule has 2 N–H and O–H groups in total. The molecule has 0 bridgehead atoms. The highest BCUT2D eigenvalue weighted by Crippen LogP contribution is 2.10. The Morgan fingerprint density at radius 3 is 2.58 bits per heavy atom. The summed E-state index contributed by atoms with van der Waals surface area (Å²) in [6.07, 6.45) is 1.58. The lowest BCUT2D eigenvalue weighted by atomic mass is 10.1. The second kappa shape index (κ2) is 7.97. The smallest absolute Gasteiger partial charge is 0.280 e. The fourth-order valence-electron chi connectivity index (χ4n) is 2.47. The van der Waals surface area contributed by atoms with E-state index in [0.29, 0.717) is 11.3 Å². The zero-order valence-corrected chi connectivity index (χ0v) is 15.7. The first-order chi connectivity index (χ1) is 12.5. The number of para-hydroxylation sites is 1. The van der Waals surface area contributed by atoms with Crippen molar-refractivity contribution in [1.82, 2.24) is 15.2 Å². The Morgan fingerprint density at radius 1 is 1.19 bits per heavy atom. The number of carbonyl (C=O) groups is 1. The molecule has 0 saturated heterocycles. The van der Waals surface area contributed by atoms with Gasteiger partial charge >= 0.3 is 0 Å². The maximum Gasteiger partial charge on any atom is 0.280 e. The summed E-state index contributed by atoms with van der Waals surface area (Å²) in [5.41, 5.74) is 4.92. The zero-order chi connectivity index (χ0) is 18.5. The van der Waals surface area contributed by atoms with Crippen LogP contribution in [-0.4, -0.2) is 21.9 Å². The predicted molar refractivity (Wildman–Crippen MR) is 105 cm³/mol. The van der Waals surface area contributed by atoms with Crippen LogP contribution in [0.2, 0.25) is 0 Å². The Bertz CT molecular complexity index is 989. The van der Waals surface area contributed by atoms with Gasteiger partial charge in [-0.3, -0.25) is 14.7 Å². The number of nitrogens with one attached hydrogen (secondary N) is 2. The first-order valence-corrected chi connectivity index (χ1v) is 8.77. The van der Waals surface area contributed by atoms with Gasteiger partial charge in [0.15, 0.2) is 0 Å². The Hall–Kier alpha value is -2.93. The molecule has 1 heterocycles. The van der Waals surface area contributed by atoms with Gasteiger partial charge in [-0.1, -0.05) is 46.3 Å². The Morgan fingerprint density at radius 2 is 1.88 bits per heavy atom. The molecule has 0 saturated carbocycles. The maximum absolute atomic E-state index is 12.5. The van der Waals surface area contributed by atoms with Crippen LogP contribution in [0.3, 0.4) is 0 Å². The van der Waals surface area contributed by atoms with E-state index >= 15 is 0 Å². The molecule has 0 aliphatic heterocycles. The zero-order valence-electron chi connectivity index (χ0n) is 14.1. The van der Waals surface area contributed by atoms with Crippen LogP contribution in [0.25, 0.3) is 5.69 Å². The standard InChI is InChI=1S/C19H17BrN4O2/c1-13-17(19(26)24(23-13)16-5-3-2-4-6-16)12-21-22-18(25)11-14-7-9-15(20)10-8-14/h2-10,12,23H,11H2,1H3,(H,22,25)/b21-12+. The number of nitrogens with zero attached hydrogens (tertiary/aromatic N) is 2. The fourth-order valence-corrected chi connectivity index (χ4v) is 2.73. The Labute approximate surface area is 158 Å². The minimum Gasteiger partial charge on any atom is -0.295 e. The normalized spacial score (nSPS) is 11.0. The van der Waals surface area contributed by atoms with Crippen molar-refractivity contribution in [3.8, 4) is 5.69 Å². The summed E-state index contributed by atoms with van der Waals surface area (Å²) >= 11 is 3.35. The molecule has 6 nitrogen and oxygen atoms in total. The quantitative estimate of drug-likeness (QED) is 0.498. The average molecular weight is 413 g/mol. The molecular formula is C19H17BrN4O2. The van der Waals surface area contributed by atoms with E-state index in [1.807, 2.05) is 54.6 Å². The van der Waals surface area contributed by atoms with Gasteiger partial charge in [-0.05, 0) is 36.8 Å². The number of halogens is 1. The molecule has 7 heteroatoms. The van der Waals surface area contributed by atoms with Gasteiger partial charge in [-0.15, -0.1) is 0 Å². The highest BCUT2D eigenvalue weighted by molar-refractivity contribution is 9.10. The van der Waals surface area contributed by atoms with Crippen LogP contribution in [-0.2, 0) is 11.2 Å². The van der Waals surface area contributed by atoms with E-state index < -0.39 is 0 Å². The minimum atomic E-state index is -0.250. The van der Waals surface area contributed by atoms with Crippen LogP contribution >= 0.6 is 15.9 Å². The van der Waals surface area contributed by atoms with E-state index in [2.05, 4.69) is 31.6 Å². The number of hydrazone groups is 1. The summed E-state index contributed by atoms with van der Waals surface area (Å²) in [6.45, 7) is 1.78. The number of carbonyl (C=O) groups excluding carboxylic acids is 1. The first-order valence-electron chi connectivity index (χ1n) is 7.98. The van der Waals surface area contributed by atoms with Crippen molar-refractivity contribution >= 4 is 28.1 Å². The molecule has 3 rings (SSSR count). The number of aromatic amines is 1. The number of hydrogen-bond acceptors (Lipinski definition) is 3. The highest BCUT2D eigenvalue weighted by Gasteiger charge is 2.10. The number of amides is 1. The molecule has 0 spiro atoms. The third-order valence-electron chi connectivity index (χ3n) is 3.79. The number of benzene rings is 2. The van der Waals surface area contributed by atoms with Crippen molar-refractivity contribution in [2.24, 2.45) is 5.10 Å². The molecule has 1 aromatic heterocycles. The van der Waals surface area contributed by atoms with E-state index in [9.17, 15) is 9.59 Å². The molecule has 0 unspecified atom stereocenters. The van der Waals surface area contributed by atoms with Crippen molar-refractivity contribution < 1.29 is 4.79 Å². The average Bonchev–Trinajstić information content (AvgIpc) is 2.92. The molecule has 132 valence electrons. The Kier molecular flexibility index (Phi) is 5.48. The summed E-state index contributed by atoms with van der Waals surface area (Å²) < 4.78 is 2.40. The molecule has 0 aliphatic carbocycles. The van der Waals surface area contributed by atoms with Crippen molar-refractivity contribution in [2.75, 3.05) is 0 Å². The van der Waals surface area contributed by atoms with E-state index in [-0.39, 0.29) is 17.9 Å². The van der Waals surface area contributed by atoms with Crippen LogP contribution in [0.1, 0.15) is 16.8 Å². The van der Waals surface area contributed by atoms with Gasteiger partial charge in [0.25, 0.3) is 5.56 Å². The van der Waals surface area contributed by atoms with Crippen molar-refractivity contribution in [2.45, 2.75) is 13.3 Å². The maximum atomic E-state index is 12.5. The van der Waals surface area contributed by atoms with Crippen LogP contribution in [0, 0.1) is 6.92 Å². The number of rotatable bonds is 5. The molecule has 26 heavy (non-hydrogen) atoms. The van der Waals surface area contributed by atoms with Crippen LogP contribution in [0.15, 0.2) is 69.0 Å². The van der Waals surface area contributed by atoms with Gasteiger partial charge in [-0.25, -0.2) is 10.1 Å². The lowest BCUT2D eigenvalue weighted by Crippen LogP contribution is -2.21. The largest absolute Gasteiger partial charge is 0.295 e. The third-order valence-corrected chi connectivity index (χ3v) is 4.32. The molecule has 0 aliphatic rings. The van der Waals surface area contributed by atoms with Gasteiger partial charge < -0.3 is 0 Å². The monoisotopic (exact) mass is 412 g/mol. The SMILES string of the molecule is Cc1[nH]n(-c2ccccc2)c(=O)c1/C=N/NC(=O)Cc1ccc(Br)cc1. The molecule has 1 amide bonds. The van der Waals surface area contributed by atoms with E-state index in [1.54, 1.807) is 6.92 Å². The van der Waals surface area contributed by atoms with Gasteiger partial charge in [0, 0.05) is 10.2 Å². The van der Waals surface area contributed by atoms with Crippen molar-refractivity contribution in [3.05, 3.63) is 86.2 Å². The van der Waals surface area contributed by atoms with Crippen molar-refractivity contribution in [1.29, 1.82) is 0 Å². The number of H-pyrrole nitrogens is 1. The van der Waals surface area contributed by atoms with E-state index in [0.717, 1.165) is 15.7 Å². The third kappa shape index (κ3) is 4.18. The lowest BCUT2D eigenvalue weighted by molar-refractivity contribution is -0.120.